The summed E-state index contributed by atoms with van der Waals surface area (Å²) in [6.07, 6.45) is 0. The molecule has 0 saturated heterocycles. The Morgan fingerprint density at radius 3 is 2.07 bits per heavy atom. The number of benzene rings is 1. The van der Waals surface area contributed by atoms with Crippen LogP contribution in [0.4, 0.5) is 0 Å². The molecule has 2 N–H and O–H groups in total. The van der Waals surface area contributed by atoms with Crippen LogP contribution in [-0.2, 0) is 60.5 Å². The average molecular weight is 404 g/mol. The molecule has 0 atom stereocenters. The molecular weight excluding hydrogens is 395 g/mol. The van der Waals surface area contributed by atoms with Crippen molar-refractivity contribution in [2.24, 2.45) is 0 Å². The van der Waals surface area contributed by atoms with E-state index in [0.717, 1.165) is 5.56 Å². The second-order valence-corrected chi connectivity index (χ2v) is 3.49. The molecule has 1 aromatic carbocycles. The molecule has 0 fully saturated rings. The first-order chi connectivity index (χ1) is 5.58. The average Bonchev–Trinajstić information content (AvgIpc) is 2.02. The fourth-order valence-corrected chi connectivity index (χ4v) is 1.05. The third kappa shape index (κ3) is 8.15. The molecule has 0 bridgehead atoms. The molecule has 4 nitrogen and oxygen atoms in total. The van der Waals surface area contributed by atoms with Gasteiger partial charge in [-0.15, -0.1) is 0 Å². The van der Waals surface area contributed by atoms with Gasteiger partial charge in [0, 0.05) is 44.8 Å². The molecule has 0 unspecified atom stereocenters. The second kappa shape index (κ2) is 8.02. The largest absolute Gasteiger partial charge is 0.469 e. The Bertz CT molecular complexity index is 287. The Balaban J connectivity index is 0. The topological polar surface area (TPSA) is 66.8 Å². The van der Waals surface area contributed by atoms with Crippen LogP contribution in [0.5, 0.6) is 0 Å². The maximum absolute atomic E-state index is 10.3. The summed E-state index contributed by atoms with van der Waals surface area (Å²) in [4.78, 5) is 16.7. The van der Waals surface area contributed by atoms with Crippen LogP contribution in [0.2, 0.25) is 0 Å². The minimum Gasteiger partial charge on any atom is -0.303 e. The van der Waals surface area contributed by atoms with Gasteiger partial charge in [-0.2, -0.15) is 0 Å². The van der Waals surface area contributed by atoms with Crippen molar-refractivity contribution in [2.75, 3.05) is 0 Å². The molecule has 0 spiro atoms. The van der Waals surface area contributed by atoms with Gasteiger partial charge in [0.15, 0.2) is 0 Å². The number of rotatable bonds is 3. The van der Waals surface area contributed by atoms with Crippen molar-refractivity contribution in [1.82, 2.24) is 0 Å². The molecule has 0 aliphatic carbocycles. The molecule has 0 saturated carbocycles. The van der Waals surface area contributed by atoms with Crippen molar-refractivity contribution < 1.29 is 63.6 Å². The molecule has 14 heavy (non-hydrogen) atoms. The zero-order valence-corrected chi connectivity index (χ0v) is 10.7. The number of hydrogen-bond donors (Lipinski definition) is 2. The van der Waals surface area contributed by atoms with E-state index < -0.39 is 7.82 Å². The van der Waals surface area contributed by atoms with Crippen LogP contribution in [0, 0.1) is 0 Å². The molecule has 88 valence electrons. The van der Waals surface area contributed by atoms with Crippen LogP contribution < -0.4 is 0 Å². The standard InChI is InChI=1S/C7H9O4P.2Ag/c8-12(9,10)11-6-7-4-2-1-3-5-7;;/h1-5H,6H2,(H2,8,9,10);;. The first-order valence-corrected chi connectivity index (χ1v) is 4.85. The van der Waals surface area contributed by atoms with Crippen LogP contribution in [-0.4, -0.2) is 9.79 Å². The van der Waals surface area contributed by atoms with Crippen molar-refractivity contribution in [3.63, 3.8) is 0 Å². The number of phosphoric ester groups is 1. The zero-order chi connectivity index (χ0) is 9.03. The molecule has 1 rings (SSSR count). The van der Waals surface area contributed by atoms with Gasteiger partial charge in [0.05, 0.1) is 6.61 Å². The van der Waals surface area contributed by atoms with Crippen LogP contribution in [0.25, 0.3) is 0 Å². The minimum absolute atomic E-state index is 0. The first-order valence-electron chi connectivity index (χ1n) is 3.32. The summed E-state index contributed by atoms with van der Waals surface area (Å²) in [5, 5.41) is 0. The van der Waals surface area contributed by atoms with E-state index in [9.17, 15) is 4.57 Å². The fraction of sp³-hybridized carbons (Fsp3) is 0.143. The van der Waals surface area contributed by atoms with Gasteiger partial charge in [-0.05, 0) is 5.56 Å². The minimum atomic E-state index is -4.33. The van der Waals surface area contributed by atoms with Crippen molar-refractivity contribution in [3.8, 4) is 0 Å². The first kappa shape index (κ1) is 17.2. The van der Waals surface area contributed by atoms with E-state index in [4.69, 9.17) is 9.79 Å². The summed E-state index contributed by atoms with van der Waals surface area (Å²) in [5.41, 5.74) is 0.737. The van der Waals surface area contributed by atoms with Gasteiger partial charge in [0.1, 0.15) is 0 Å². The summed E-state index contributed by atoms with van der Waals surface area (Å²) in [7, 11) is -4.33. The maximum atomic E-state index is 10.3. The normalized spacial score (nSPS) is 9.86. The predicted octanol–water partition coefficient (Wildman–Crippen LogP) is 1.29. The van der Waals surface area contributed by atoms with E-state index in [2.05, 4.69) is 4.52 Å². The van der Waals surface area contributed by atoms with Gasteiger partial charge < -0.3 is 9.79 Å². The molecule has 0 heterocycles. The Morgan fingerprint density at radius 2 is 1.64 bits per heavy atom. The third-order valence-corrected chi connectivity index (χ3v) is 1.71. The number of phosphoric acid groups is 1. The van der Waals surface area contributed by atoms with Gasteiger partial charge in [-0.3, -0.25) is 4.52 Å². The zero-order valence-electron chi connectivity index (χ0n) is 6.86. The quantitative estimate of drug-likeness (QED) is 0.589. The molecule has 0 aliphatic heterocycles. The molecule has 1 aromatic rings. The van der Waals surface area contributed by atoms with Crippen molar-refractivity contribution >= 4 is 7.82 Å². The van der Waals surface area contributed by atoms with E-state index in [1.165, 1.54) is 0 Å². The van der Waals surface area contributed by atoms with Gasteiger partial charge in [0.25, 0.3) is 0 Å². The number of hydrogen-bond acceptors (Lipinski definition) is 2. The summed E-state index contributed by atoms with van der Waals surface area (Å²) in [5.74, 6) is 0. The van der Waals surface area contributed by atoms with Crippen LogP contribution >= 0.6 is 7.82 Å². The molecule has 0 amide bonds. The molecule has 2 radical (unpaired) electrons. The SMILES string of the molecule is O=P(O)(O)OCc1ccccc1.[Ag].[Ag]. The smallest absolute Gasteiger partial charge is 0.303 e. The summed E-state index contributed by atoms with van der Waals surface area (Å²) in [6.45, 7) is -0.0644. The summed E-state index contributed by atoms with van der Waals surface area (Å²) in [6, 6.07) is 8.84. The molecule has 7 heteroatoms. The maximum Gasteiger partial charge on any atom is 0.469 e. The fourth-order valence-electron chi connectivity index (χ4n) is 0.733. The van der Waals surface area contributed by atoms with Crippen LogP contribution in [0.1, 0.15) is 5.56 Å². The van der Waals surface area contributed by atoms with E-state index in [1.807, 2.05) is 6.07 Å². The molecule has 0 aromatic heterocycles. The van der Waals surface area contributed by atoms with E-state index >= 15 is 0 Å². The van der Waals surface area contributed by atoms with Crippen molar-refractivity contribution in [2.45, 2.75) is 6.61 Å². The Morgan fingerprint density at radius 1 is 1.14 bits per heavy atom. The van der Waals surface area contributed by atoms with E-state index in [1.54, 1.807) is 24.3 Å². The van der Waals surface area contributed by atoms with Gasteiger partial charge >= 0.3 is 7.82 Å². The van der Waals surface area contributed by atoms with E-state index in [0.29, 0.717) is 0 Å². The van der Waals surface area contributed by atoms with Crippen LogP contribution in [0.15, 0.2) is 30.3 Å². The van der Waals surface area contributed by atoms with Crippen molar-refractivity contribution in [1.29, 1.82) is 0 Å². The Labute approximate surface area is 113 Å². The third-order valence-electron chi connectivity index (χ3n) is 1.24. The van der Waals surface area contributed by atoms with Crippen LogP contribution in [0.3, 0.4) is 0 Å². The van der Waals surface area contributed by atoms with Gasteiger partial charge in [0.2, 0.25) is 0 Å². The van der Waals surface area contributed by atoms with Crippen molar-refractivity contribution in [3.05, 3.63) is 35.9 Å². The molecular formula is C7H9Ag2O4P. The summed E-state index contributed by atoms with van der Waals surface area (Å²) < 4.78 is 14.6. The predicted molar refractivity (Wildman–Crippen MR) is 43.3 cm³/mol. The Kier molecular flexibility index (Phi) is 9.86. The monoisotopic (exact) mass is 402 g/mol. The van der Waals surface area contributed by atoms with Gasteiger partial charge in [-0.1, -0.05) is 30.3 Å². The second-order valence-electron chi connectivity index (χ2n) is 2.25. The van der Waals surface area contributed by atoms with Gasteiger partial charge in [-0.25, -0.2) is 4.57 Å². The Hall–Kier alpha value is 0.811. The summed E-state index contributed by atoms with van der Waals surface area (Å²) >= 11 is 0. The molecule has 0 aliphatic rings. The van der Waals surface area contributed by atoms with E-state index in [-0.39, 0.29) is 51.4 Å².